The first-order valence-corrected chi connectivity index (χ1v) is 5.15. The number of halogens is 1. The maximum Gasteiger partial charge on any atom is 0.132 e. The van der Waals surface area contributed by atoms with Crippen molar-refractivity contribution in [3.8, 4) is 0 Å². The van der Waals surface area contributed by atoms with Gasteiger partial charge in [0, 0.05) is 5.88 Å². The molecule has 1 aromatic heterocycles. The van der Waals surface area contributed by atoms with Crippen LogP contribution in [-0.2, 0) is 0 Å². The number of unbranched alkanes of at least 4 members (excludes halogenated alkanes) is 2. The monoisotopic (exact) mass is 202 g/mol. The summed E-state index contributed by atoms with van der Waals surface area (Å²) in [5, 5.41) is 9.58. The number of aliphatic hydroxyl groups is 1. The second-order valence-electron chi connectivity index (χ2n) is 3.07. The average Bonchev–Trinajstić information content (AvgIpc) is 2.65. The lowest BCUT2D eigenvalue weighted by Gasteiger charge is -2.06. The predicted octanol–water partition coefficient (Wildman–Crippen LogP) is 3.11. The van der Waals surface area contributed by atoms with E-state index in [2.05, 4.69) is 0 Å². The normalized spacial score (nSPS) is 13.1. The minimum absolute atomic E-state index is 0.453. The molecular formula is C10H15ClO2. The second kappa shape index (κ2) is 6.06. The zero-order valence-electron chi connectivity index (χ0n) is 7.58. The number of aliphatic hydroxyl groups excluding tert-OH is 1. The molecule has 74 valence electrons. The number of hydrogen-bond donors (Lipinski definition) is 1. The van der Waals surface area contributed by atoms with Crippen LogP contribution in [0.25, 0.3) is 0 Å². The largest absolute Gasteiger partial charge is 0.467 e. The Morgan fingerprint density at radius 3 is 2.85 bits per heavy atom. The van der Waals surface area contributed by atoms with Crippen molar-refractivity contribution in [2.75, 3.05) is 5.88 Å². The Morgan fingerprint density at radius 2 is 2.23 bits per heavy atom. The molecule has 0 fully saturated rings. The van der Waals surface area contributed by atoms with Gasteiger partial charge >= 0.3 is 0 Å². The van der Waals surface area contributed by atoms with E-state index in [1.54, 1.807) is 18.4 Å². The zero-order chi connectivity index (χ0) is 9.52. The van der Waals surface area contributed by atoms with Crippen molar-refractivity contribution >= 4 is 11.6 Å². The molecule has 2 nitrogen and oxygen atoms in total. The molecule has 0 aliphatic heterocycles. The molecule has 1 atom stereocenters. The van der Waals surface area contributed by atoms with Crippen molar-refractivity contribution in [1.82, 2.24) is 0 Å². The number of furan rings is 1. The summed E-state index contributed by atoms with van der Waals surface area (Å²) < 4.78 is 5.08. The molecule has 0 aromatic carbocycles. The van der Waals surface area contributed by atoms with Crippen LogP contribution in [0.1, 0.15) is 37.5 Å². The molecular weight excluding hydrogens is 188 g/mol. The van der Waals surface area contributed by atoms with E-state index in [0.29, 0.717) is 11.6 Å². The molecule has 0 bridgehead atoms. The molecule has 0 radical (unpaired) electrons. The summed E-state index contributed by atoms with van der Waals surface area (Å²) in [4.78, 5) is 0. The standard InChI is InChI=1S/C10H15ClO2/c11-7-3-1-2-5-9(12)10-6-4-8-13-10/h4,6,8-9,12H,1-3,5,7H2. The first-order chi connectivity index (χ1) is 6.34. The van der Waals surface area contributed by atoms with Gasteiger partial charge in [-0.05, 0) is 25.0 Å². The third kappa shape index (κ3) is 3.83. The average molecular weight is 203 g/mol. The Bertz CT molecular complexity index is 209. The summed E-state index contributed by atoms with van der Waals surface area (Å²) in [5.74, 6) is 1.36. The quantitative estimate of drug-likeness (QED) is 0.568. The van der Waals surface area contributed by atoms with Crippen LogP contribution in [0.5, 0.6) is 0 Å². The van der Waals surface area contributed by atoms with Crippen molar-refractivity contribution in [3.63, 3.8) is 0 Å². The van der Waals surface area contributed by atoms with Crippen molar-refractivity contribution in [2.24, 2.45) is 0 Å². The minimum atomic E-state index is -0.453. The molecule has 0 saturated heterocycles. The summed E-state index contributed by atoms with van der Waals surface area (Å²) in [6, 6.07) is 3.59. The molecule has 0 aliphatic carbocycles. The van der Waals surface area contributed by atoms with Gasteiger partial charge < -0.3 is 9.52 Å². The van der Waals surface area contributed by atoms with Crippen LogP contribution >= 0.6 is 11.6 Å². The van der Waals surface area contributed by atoms with Crippen molar-refractivity contribution in [3.05, 3.63) is 24.2 Å². The highest BCUT2D eigenvalue weighted by molar-refractivity contribution is 6.17. The van der Waals surface area contributed by atoms with Crippen LogP contribution in [0.4, 0.5) is 0 Å². The summed E-state index contributed by atoms with van der Waals surface area (Å²) in [7, 11) is 0. The fourth-order valence-electron chi connectivity index (χ4n) is 1.23. The van der Waals surface area contributed by atoms with Crippen LogP contribution in [0.2, 0.25) is 0 Å². The molecule has 3 heteroatoms. The summed E-state index contributed by atoms with van der Waals surface area (Å²) >= 11 is 5.54. The van der Waals surface area contributed by atoms with Gasteiger partial charge in [-0.1, -0.05) is 12.8 Å². The van der Waals surface area contributed by atoms with Crippen molar-refractivity contribution in [1.29, 1.82) is 0 Å². The first kappa shape index (κ1) is 10.6. The van der Waals surface area contributed by atoms with E-state index < -0.39 is 6.10 Å². The molecule has 0 spiro atoms. The van der Waals surface area contributed by atoms with E-state index in [-0.39, 0.29) is 0 Å². The number of hydrogen-bond acceptors (Lipinski definition) is 2. The molecule has 0 amide bonds. The summed E-state index contributed by atoms with van der Waals surface area (Å²) in [6.45, 7) is 0. The van der Waals surface area contributed by atoms with E-state index in [0.717, 1.165) is 25.7 Å². The lowest BCUT2D eigenvalue weighted by Crippen LogP contribution is -1.95. The SMILES string of the molecule is OC(CCCCCCl)c1ccco1. The van der Waals surface area contributed by atoms with E-state index in [4.69, 9.17) is 16.0 Å². The molecule has 13 heavy (non-hydrogen) atoms. The maximum absolute atomic E-state index is 9.58. The fourth-order valence-corrected chi connectivity index (χ4v) is 1.42. The Balaban J connectivity index is 2.15. The van der Waals surface area contributed by atoms with Gasteiger partial charge in [-0.15, -0.1) is 11.6 Å². The maximum atomic E-state index is 9.58. The Hall–Kier alpha value is -0.470. The van der Waals surface area contributed by atoms with Crippen LogP contribution in [0.3, 0.4) is 0 Å². The molecule has 1 rings (SSSR count). The van der Waals surface area contributed by atoms with E-state index in [1.807, 2.05) is 0 Å². The van der Waals surface area contributed by atoms with Crippen LogP contribution in [-0.4, -0.2) is 11.0 Å². The number of alkyl halides is 1. The summed E-state index contributed by atoms with van der Waals surface area (Å²) in [6.07, 6.45) is 4.97. The lowest BCUT2D eigenvalue weighted by molar-refractivity contribution is 0.137. The molecule has 0 aliphatic rings. The van der Waals surface area contributed by atoms with Gasteiger partial charge in [-0.25, -0.2) is 0 Å². The van der Waals surface area contributed by atoms with Gasteiger partial charge in [0.2, 0.25) is 0 Å². The summed E-state index contributed by atoms with van der Waals surface area (Å²) in [5.41, 5.74) is 0. The van der Waals surface area contributed by atoms with Gasteiger partial charge in [-0.2, -0.15) is 0 Å². The fraction of sp³-hybridized carbons (Fsp3) is 0.600. The highest BCUT2D eigenvalue weighted by atomic mass is 35.5. The second-order valence-corrected chi connectivity index (χ2v) is 3.45. The zero-order valence-corrected chi connectivity index (χ0v) is 8.33. The van der Waals surface area contributed by atoms with Crippen LogP contribution in [0.15, 0.2) is 22.8 Å². The minimum Gasteiger partial charge on any atom is -0.467 e. The lowest BCUT2D eigenvalue weighted by atomic mass is 10.1. The first-order valence-electron chi connectivity index (χ1n) is 4.62. The molecule has 0 saturated carbocycles. The molecule has 1 unspecified atom stereocenters. The molecule has 1 N–H and O–H groups in total. The van der Waals surface area contributed by atoms with Crippen LogP contribution < -0.4 is 0 Å². The Morgan fingerprint density at radius 1 is 1.38 bits per heavy atom. The van der Waals surface area contributed by atoms with E-state index in [1.165, 1.54) is 0 Å². The Kier molecular flexibility index (Phi) is 4.94. The predicted molar refractivity (Wildman–Crippen MR) is 52.9 cm³/mol. The molecule has 1 heterocycles. The van der Waals surface area contributed by atoms with Gasteiger partial charge in [0.15, 0.2) is 0 Å². The van der Waals surface area contributed by atoms with Crippen LogP contribution in [0, 0.1) is 0 Å². The van der Waals surface area contributed by atoms with Gasteiger partial charge in [0.25, 0.3) is 0 Å². The van der Waals surface area contributed by atoms with Crippen molar-refractivity contribution < 1.29 is 9.52 Å². The topological polar surface area (TPSA) is 33.4 Å². The highest BCUT2D eigenvalue weighted by Crippen LogP contribution is 2.19. The van der Waals surface area contributed by atoms with Gasteiger partial charge in [-0.3, -0.25) is 0 Å². The third-order valence-corrected chi connectivity index (χ3v) is 2.25. The van der Waals surface area contributed by atoms with E-state index in [9.17, 15) is 5.11 Å². The third-order valence-electron chi connectivity index (χ3n) is 1.98. The number of rotatable bonds is 6. The van der Waals surface area contributed by atoms with Gasteiger partial charge in [0.05, 0.1) is 6.26 Å². The smallest absolute Gasteiger partial charge is 0.132 e. The molecule has 1 aromatic rings. The Labute approximate surface area is 83.5 Å². The van der Waals surface area contributed by atoms with E-state index >= 15 is 0 Å². The van der Waals surface area contributed by atoms with Crippen molar-refractivity contribution in [2.45, 2.75) is 31.8 Å². The van der Waals surface area contributed by atoms with Gasteiger partial charge in [0.1, 0.15) is 11.9 Å². The highest BCUT2D eigenvalue weighted by Gasteiger charge is 2.08.